The van der Waals surface area contributed by atoms with Crippen LogP contribution in [0.15, 0.2) is 11.4 Å². The maximum atomic E-state index is 3.37. The molecule has 2 heteroatoms. The maximum Gasteiger partial charge on any atom is 0.0975 e. The highest BCUT2D eigenvalue weighted by molar-refractivity contribution is 5.13. The number of hydrogen-bond acceptors (Lipinski definition) is 2. The Morgan fingerprint density at radius 2 is 2.36 bits per heavy atom. The lowest BCUT2D eigenvalue weighted by Crippen LogP contribution is -2.29. The van der Waals surface area contributed by atoms with Crippen LogP contribution in [0.25, 0.3) is 0 Å². The molecule has 0 atom stereocenters. The largest absolute Gasteiger partial charge is 0.375 e. The first kappa shape index (κ1) is 8.44. The summed E-state index contributed by atoms with van der Waals surface area (Å²) in [6.07, 6.45) is 5.06. The van der Waals surface area contributed by atoms with Crippen LogP contribution in [0.4, 0.5) is 0 Å². The number of rotatable bonds is 3. The zero-order valence-electron chi connectivity index (χ0n) is 7.54. The SMILES string of the molecule is CCCC1=C(NC)NCCC1. The summed E-state index contributed by atoms with van der Waals surface area (Å²) in [7, 11) is 1.99. The molecule has 2 N–H and O–H groups in total. The minimum absolute atomic E-state index is 1.13. The standard InChI is InChI=1S/C9H18N2/c1-3-5-8-6-4-7-11-9(8)10-2/h10-11H,3-7H2,1-2H3. The highest BCUT2D eigenvalue weighted by atomic mass is 15.1. The van der Waals surface area contributed by atoms with Crippen molar-refractivity contribution in [2.45, 2.75) is 32.6 Å². The molecule has 0 radical (unpaired) electrons. The molecule has 1 heterocycles. The highest BCUT2D eigenvalue weighted by Gasteiger charge is 2.08. The van der Waals surface area contributed by atoms with Gasteiger partial charge in [0.25, 0.3) is 0 Å². The van der Waals surface area contributed by atoms with Crippen molar-refractivity contribution in [2.75, 3.05) is 13.6 Å². The van der Waals surface area contributed by atoms with Crippen molar-refractivity contribution in [2.24, 2.45) is 0 Å². The van der Waals surface area contributed by atoms with E-state index < -0.39 is 0 Å². The molecule has 0 spiro atoms. The zero-order valence-corrected chi connectivity index (χ0v) is 7.54. The lowest BCUT2D eigenvalue weighted by atomic mass is 10.0. The van der Waals surface area contributed by atoms with E-state index in [1.165, 1.54) is 31.5 Å². The second-order valence-corrected chi connectivity index (χ2v) is 3.01. The number of nitrogens with one attached hydrogen (secondary N) is 2. The van der Waals surface area contributed by atoms with E-state index in [2.05, 4.69) is 17.6 Å². The van der Waals surface area contributed by atoms with E-state index in [4.69, 9.17) is 0 Å². The summed E-state index contributed by atoms with van der Waals surface area (Å²) in [5.74, 6) is 1.28. The molecule has 1 aliphatic rings. The van der Waals surface area contributed by atoms with Crippen LogP contribution in [0.3, 0.4) is 0 Å². The van der Waals surface area contributed by atoms with Gasteiger partial charge in [-0.05, 0) is 24.8 Å². The molecule has 0 aromatic carbocycles. The molecule has 0 aliphatic carbocycles. The van der Waals surface area contributed by atoms with E-state index in [1.807, 2.05) is 7.05 Å². The van der Waals surface area contributed by atoms with Crippen LogP contribution in [0.1, 0.15) is 32.6 Å². The van der Waals surface area contributed by atoms with E-state index in [0.29, 0.717) is 0 Å². The molecule has 0 bridgehead atoms. The Morgan fingerprint density at radius 3 is 3.00 bits per heavy atom. The minimum atomic E-state index is 1.13. The molecule has 0 saturated heterocycles. The fraction of sp³-hybridized carbons (Fsp3) is 0.778. The fourth-order valence-corrected chi connectivity index (χ4v) is 1.58. The predicted octanol–water partition coefficient (Wildman–Crippen LogP) is 1.60. The van der Waals surface area contributed by atoms with Crippen molar-refractivity contribution in [3.63, 3.8) is 0 Å². The van der Waals surface area contributed by atoms with Gasteiger partial charge in [-0.2, -0.15) is 0 Å². The van der Waals surface area contributed by atoms with E-state index in [-0.39, 0.29) is 0 Å². The maximum absolute atomic E-state index is 3.37. The molecular formula is C9H18N2. The summed E-state index contributed by atoms with van der Waals surface area (Å²) < 4.78 is 0. The third-order valence-electron chi connectivity index (χ3n) is 2.11. The summed E-state index contributed by atoms with van der Waals surface area (Å²) in [4.78, 5) is 0. The van der Waals surface area contributed by atoms with Crippen molar-refractivity contribution in [3.8, 4) is 0 Å². The van der Waals surface area contributed by atoms with Gasteiger partial charge in [0.1, 0.15) is 0 Å². The van der Waals surface area contributed by atoms with Gasteiger partial charge in [-0.25, -0.2) is 0 Å². The van der Waals surface area contributed by atoms with Crippen LogP contribution < -0.4 is 10.6 Å². The summed E-state index contributed by atoms with van der Waals surface area (Å²) in [6.45, 7) is 3.36. The summed E-state index contributed by atoms with van der Waals surface area (Å²) in [6, 6.07) is 0. The van der Waals surface area contributed by atoms with Gasteiger partial charge in [0.15, 0.2) is 0 Å². The van der Waals surface area contributed by atoms with Crippen LogP contribution in [0.2, 0.25) is 0 Å². The second kappa shape index (κ2) is 4.27. The quantitative estimate of drug-likeness (QED) is 0.645. The Morgan fingerprint density at radius 1 is 1.55 bits per heavy atom. The molecule has 0 saturated carbocycles. The van der Waals surface area contributed by atoms with Crippen molar-refractivity contribution in [1.29, 1.82) is 0 Å². The first-order valence-electron chi connectivity index (χ1n) is 4.52. The molecule has 1 aliphatic heterocycles. The Bertz CT molecular complexity index is 150. The van der Waals surface area contributed by atoms with E-state index in [0.717, 1.165) is 6.54 Å². The molecule has 0 aromatic rings. The van der Waals surface area contributed by atoms with Crippen LogP contribution in [-0.2, 0) is 0 Å². The van der Waals surface area contributed by atoms with E-state index in [9.17, 15) is 0 Å². The van der Waals surface area contributed by atoms with Crippen LogP contribution in [0, 0.1) is 0 Å². The number of allylic oxidation sites excluding steroid dienone is 1. The molecule has 11 heavy (non-hydrogen) atoms. The molecule has 0 unspecified atom stereocenters. The van der Waals surface area contributed by atoms with Crippen molar-refractivity contribution in [1.82, 2.24) is 10.6 Å². The van der Waals surface area contributed by atoms with E-state index in [1.54, 1.807) is 5.57 Å². The predicted molar refractivity (Wildman–Crippen MR) is 48.2 cm³/mol. The molecular weight excluding hydrogens is 136 g/mol. The van der Waals surface area contributed by atoms with Crippen molar-refractivity contribution < 1.29 is 0 Å². The Balaban J connectivity index is 2.57. The van der Waals surface area contributed by atoms with Crippen LogP contribution in [0.5, 0.6) is 0 Å². The second-order valence-electron chi connectivity index (χ2n) is 3.01. The van der Waals surface area contributed by atoms with E-state index >= 15 is 0 Å². The number of hydrogen-bond donors (Lipinski definition) is 2. The lowest BCUT2D eigenvalue weighted by molar-refractivity contribution is 0.598. The van der Waals surface area contributed by atoms with Gasteiger partial charge in [0.2, 0.25) is 0 Å². The Labute approximate surface area is 69.1 Å². The first-order valence-corrected chi connectivity index (χ1v) is 4.52. The minimum Gasteiger partial charge on any atom is -0.375 e. The van der Waals surface area contributed by atoms with Crippen LogP contribution in [-0.4, -0.2) is 13.6 Å². The van der Waals surface area contributed by atoms with Gasteiger partial charge < -0.3 is 10.6 Å². The van der Waals surface area contributed by atoms with Gasteiger partial charge in [0, 0.05) is 13.6 Å². The van der Waals surface area contributed by atoms with Crippen LogP contribution >= 0.6 is 0 Å². The first-order chi connectivity index (χ1) is 5.38. The normalized spacial score (nSPS) is 18.0. The summed E-state index contributed by atoms with van der Waals surface area (Å²) in [5.41, 5.74) is 1.57. The van der Waals surface area contributed by atoms with Crippen molar-refractivity contribution >= 4 is 0 Å². The zero-order chi connectivity index (χ0) is 8.10. The van der Waals surface area contributed by atoms with Gasteiger partial charge in [0.05, 0.1) is 5.82 Å². The van der Waals surface area contributed by atoms with Crippen molar-refractivity contribution in [3.05, 3.63) is 11.4 Å². The smallest absolute Gasteiger partial charge is 0.0975 e. The molecule has 0 amide bonds. The Kier molecular flexibility index (Phi) is 3.27. The Hall–Kier alpha value is -0.660. The molecule has 64 valence electrons. The van der Waals surface area contributed by atoms with Gasteiger partial charge in [-0.15, -0.1) is 0 Å². The summed E-state index contributed by atoms with van der Waals surface area (Å²) in [5, 5.41) is 6.58. The van der Waals surface area contributed by atoms with Gasteiger partial charge in [-0.3, -0.25) is 0 Å². The van der Waals surface area contributed by atoms with Gasteiger partial charge in [-0.1, -0.05) is 13.3 Å². The molecule has 0 aromatic heterocycles. The molecule has 2 nitrogen and oxygen atoms in total. The average Bonchev–Trinajstić information content (AvgIpc) is 2.06. The third-order valence-corrected chi connectivity index (χ3v) is 2.11. The van der Waals surface area contributed by atoms with Gasteiger partial charge >= 0.3 is 0 Å². The fourth-order valence-electron chi connectivity index (χ4n) is 1.58. The summed E-state index contributed by atoms with van der Waals surface area (Å²) >= 11 is 0. The topological polar surface area (TPSA) is 24.1 Å². The monoisotopic (exact) mass is 154 g/mol. The highest BCUT2D eigenvalue weighted by Crippen LogP contribution is 2.17. The molecule has 1 rings (SSSR count). The average molecular weight is 154 g/mol. The third kappa shape index (κ3) is 2.14. The molecule has 0 fully saturated rings. The lowest BCUT2D eigenvalue weighted by Gasteiger charge is -2.21.